The second-order valence-corrected chi connectivity index (χ2v) is 6.25. The summed E-state index contributed by atoms with van der Waals surface area (Å²) in [7, 11) is 3.39. The van der Waals surface area contributed by atoms with Gasteiger partial charge in [-0.2, -0.15) is 0 Å². The van der Waals surface area contributed by atoms with E-state index in [4.69, 9.17) is 0 Å². The van der Waals surface area contributed by atoms with E-state index < -0.39 is 0 Å². The average molecular weight is 350 g/mol. The summed E-state index contributed by atoms with van der Waals surface area (Å²) in [5.74, 6) is 0.367. The zero-order valence-corrected chi connectivity index (χ0v) is 14.5. The number of likely N-dealkylation sites (N-methyl/N-ethyl adjacent to an activating group) is 1. The fourth-order valence-electron chi connectivity index (χ4n) is 3.04. The molecular formula is C16H20ClN5O2. The van der Waals surface area contributed by atoms with Gasteiger partial charge < -0.3 is 9.72 Å². The van der Waals surface area contributed by atoms with Gasteiger partial charge in [-0.05, 0) is 37.4 Å². The number of aromatic nitrogens is 2. The van der Waals surface area contributed by atoms with E-state index in [1.807, 2.05) is 23.7 Å². The Labute approximate surface area is 146 Å². The van der Waals surface area contributed by atoms with E-state index in [9.17, 15) is 9.59 Å². The number of carbonyl (C=O) groups excluding carboxylic acids is 2. The van der Waals surface area contributed by atoms with Gasteiger partial charge in [0.05, 0.1) is 11.4 Å². The Kier molecular flexibility index (Phi) is 4.23. The molecule has 1 aliphatic heterocycles. The van der Waals surface area contributed by atoms with Crippen LogP contribution in [0.4, 0.5) is 10.5 Å². The number of nitrogens with one attached hydrogen (secondary N) is 1. The molecule has 0 unspecified atom stereocenters. The van der Waals surface area contributed by atoms with Gasteiger partial charge in [-0.25, -0.2) is 9.78 Å². The molecule has 1 aliphatic carbocycles. The maximum absolute atomic E-state index is 12.4. The zero-order chi connectivity index (χ0) is 16.1. The van der Waals surface area contributed by atoms with Crippen molar-refractivity contribution in [1.29, 1.82) is 0 Å². The third-order valence-electron chi connectivity index (χ3n) is 4.49. The Bertz CT molecular complexity index is 814. The van der Waals surface area contributed by atoms with Gasteiger partial charge in [0.2, 0.25) is 5.91 Å². The van der Waals surface area contributed by atoms with Crippen molar-refractivity contribution in [3.05, 3.63) is 29.7 Å². The first-order valence-electron chi connectivity index (χ1n) is 7.82. The van der Waals surface area contributed by atoms with Crippen LogP contribution in [0.2, 0.25) is 0 Å². The molecule has 0 bridgehead atoms. The Balaban J connectivity index is 0.00000169. The molecule has 1 N–H and O–H groups in total. The first-order valence-corrected chi connectivity index (χ1v) is 7.82. The minimum Gasteiger partial charge on any atom is -0.314 e. The number of urea groups is 1. The fourth-order valence-corrected chi connectivity index (χ4v) is 3.04. The van der Waals surface area contributed by atoms with Crippen LogP contribution < -0.4 is 10.2 Å². The minimum atomic E-state index is -0.289. The summed E-state index contributed by atoms with van der Waals surface area (Å²) in [6.07, 6.45) is 6.42. The number of carbonyl (C=O) groups is 2. The van der Waals surface area contributed by atoms with Crippen molar-refractivity contribution >= 4 is 35.7 Å². The highest BCUT2D eigenvalue weighted by molar-refractivity contribution is 6.13. The number of pyridine rings is 1. The van der Waals surface area contributed by atoms with Crippen molar-refractivity contribution in [1.82, 2.24) is 19.6 Å². The van der Waals surface area contributed by atoms with E-state index in [1.165, 1.54) is 30.4 Å². The highest BCUT2D eigenvalue weighted by atomic mass is 35.5. The number of nitrogens with zero attached hydrogens (tertiary/aromatic N) is 4. The standard InChI is InChI=1S/C16H19N5O2.ClH/c1-17-6-12-8-20-7-11(10-3-4-10)5-13(15(20)18-12)21-9-14(22)19(2)16(21)23;/h5,7-8,10,17H,3-4,6,9H2,1-2H3;1H. The molecule has 8 heteroatoms. The van der Waals surface area contributed by atoms with Crippen LogP contribution in [0.15, 0.2) is 18.5 Å². The lowest BCUT2D eigenvalue weighted by atomic mass is 10.1. The Morgan fingerprint density at radius 2 is 2.04 bits per heavy atom. The quantitative estimate of drug-likeness (QED) is 0.854. The number of anilines is 1. The molecule has 0 atom stereocenters. The van der Waals surface area contributed by atoms with Crippen molar-refractivity contribution < 1.29 is 9.59 Å². The first kappa shape index (κ1) is 16.7. The molecule has 0 radical (unpaired) electrons. The maximum atomic E-state index is 12.4. The summed E-state index contributed by atoms with van der Waals surface area (Å²) in [5.41, 5.74) is 3.55. The van der Waals surface area contributed by atoms with Gasteiger partial charge in [0.15, 0.2) is 5.65 Å². The summed E-state index contributed by atoms with van der Waals surface area (Å²) in [6.45, 7) is 0.736. The van der Waals surface area contributed by atoms with E-state index in [2.05, 4.69) is 16.5 Å². The topological polar surface area (TPSA) is 70.0 Å². The molecule has 3 amide bonds. The second-order valence-electron chi connectivity index (χ2n) is 6.25. The molecule has 3 heterocycles. The molecule has 24 heavy (non-hydrogen) atoms. The number of imidazole rings is 1. The Morgan fingerprint density at radius 1 is 1.29 bits per heavy atom. The van der Waals surface area contributed by atoms with E-state index >= 15 is 0 Å². The molecule has 2 aliphatic rings. The first-order chi connectivity index (χ1) is 11.1. The third kappa shape index (κ3) is 2.63. The molecule has 1 saturated heterocycles. The number of rotatable bonds is 4. The summed E-state index contributed by atoms with van der Waals surface area (Å²) in [4.78, 5) is 31.6. The Morgan fingerprint density at radius 3 is 2.62 bits per heavy atom. The van der Waals surface area contributed by atoms with Gasteiger partial charge in [-0.3, -0.25) is 14.6 Å². The van der Waals surface area contributed by atoms with E-state index in [1.54, 1.807) is 0 Å². The molecule has 1 saturated carbocycles. The largest absolute Gasteiger partial charge is 0.331 e. The zero-order valence-electron chi connectivity index (χ0n) is 13.7. The summed E-state index contributed by atoms with van der Waals surface area (Å²) >= 11 is 0. The lowest BCUT2D eigenvalue weighted by molar-refractivity contribution is -0.123. The maximum Gasteiger partial charge on any atom is 0.331 e. The van der Waals surface area contributed by atoms with Gasteiger partial charge in [-0.1, -0.05) is 0 Å². The number of imide groups is 1. The highest BCUT2D eigenvalue weighted by Crippen LogP contribution is 2.42. The van der Waals surface area contributed by atoms with Gasteiger partial charge >= 0.3 is 6.03 Å². The number of hydrogen-bond acceptors (Lipinski definition) is 4. The van der Waals surface area contributed by atoms with E-state index in [0.717, 1.165) is 21.9 Å². The molecule has 0 spiro atoms. The van der Waals surface area contributed by atoms with Crippen LogP contribution >= 0.6 is 12.4 Å². The molecule has 7 nitrogen and oxygen atoms in total. The summed E-state index contributed by atoms with van der Waals surface area (Å²) in [5, 5.41) is 3.09. The highest BCUT2D eigenvalue weighted by Gasteiger charge is 2.36. The van der Waals surface area contributed by atoms with Crippen LogP contribution in [-0.4, -0.2) is 46.9 Å². The van der Waals surface area contributed by atoms with Crippen LogP contribution in [-0.2, 0) is 11.3 Å². The molecule has 0 aromatic carbocycles. The average Bonchev–Trinajstić information content (AvgIpc) is 3.25. The lowest BCUT2D eigenvalue weighted by Gasteiger charge is -2.17. The molecule has 2 aromatic rings. The van der Waals surface area contributed by atoms with Gasteiger partial charge in [0.1, 0.15) is 6.54 Å². The SMILES string of the molecule is CNCc1cn2cc(C3CC3)cc(N3CC(=O)N(C)C3=O)c2n1.Cl. The van der Waals surface area contributed by atoms with Crippen LogP contribution in [0.5, 0.6) is 0 Å². The van der Waals surface area contributed by atoms with Crippen LogP contribution in [0.25, 0.3) is 5.65 Å². The van der Waals surface area contributed by atoms with Crippen LogP contribution in [0, 0.1) is 0 Å². The van der Waals surface area contributed by atoms with E-state index in [-0.39, 0.29) is 30.9 Å². The monoisotopic (exact) mass is 349 g/mol. The summed E-state index contributed by atoms with van der Waals surface area (Å²) in [6, 6.07) is 1.73. The number of fused-ring (bicyclic) bond motifs is 1. The number of hydrogen-bond donors (Lipinski definition) is 1. The normalized spacial score (nSPS) is 17.8. The van der Waals surface area contributed by atoms with Crippen molar-refractivity contribution in [2.75, 3.05) is 25.5 Å². The number of halogens is 1. The minimum absolute atomic E-state index is 0. The van der Waals surface area contributed by atoms with Gasteiger partial charge in [0, 0.05) is 26.0 Å². The van der Waals surface area contributed by atoms with E-state index in [0.29, 0.717) is 12.5 Å². The number of amides is 3. The van der Waals surface area contributed by atoms with Crippen molar-refractivity contribution in [3.8, 4) is 0 Å². The second kappa shape index (κ2) is 6.07. The molecule has 128 valence electrons. The molecular weight excluding hydrogens is 330 g/mol. The predicted molar refractivity (Wildman–Crippen MR) is 92.7 cm³/mol. The van der Waals surface area contributed by atoms with Gasteiger partial charge in [0.25, 0.3) is 0 Å². The molecule has 4 rings (SSSR count). The smallest absolute Gasteiger partial charge is 0.314 e. The van der Waals surface area contributed by atoms with Gasteiger partial charge in [-0.15, -0.1) is 12.4 Å². The fraction of sp³-hybridized carbons (Fsp3) is 0.438. The van der Waals surface area contributed by atoms with Crippen LogP contribution in [0.1, 0.15) is 30.0 Å². The van der Waals surface area contributed by atoms with Crippen LogP contribution in [0.3, 0.4) is 0 Å². The lowest BCUT2D eigenvalue weighted by Crippen LogP contribution is -2.30. The van der Waals surface area contributed by atoms with Crippen molar-refractivity contribution in [2.24, 2.45) is 0 Å². The van der Waals surface area contributed by atoms with Crippen molar-refractivity contribution in [2.45, 2.75) is 25.3 Å². The predicted octanol–water partition coefficient (Wildman–Crippen LogP) is 1.75. The third-order valence-corrected chi connectivity index (χ3v) is 4.49. The van der Waals surface area contributed by atoms with Crippen molar-refractivity contribution in [3.63, 3.8) is 0 Å². The molecule has 2 aromatic heterocycles. The summed E-state index contributed by atoms with van der Waals surface area (Å²) < 4.78 is 1.98. The molecule has 2 fully saturated rings. The Hall–Kier alpha value is -2.12.